The fourth-order valence-corrected chi connectivity index (χ4v) is 3.16. The van der Waals surface area contributed by atoms with E-state index in [-0.39, 0.29) is 11.8 Å². The number of rotatable bonds is 4. The molecule has 2 aromatic rings. The number of anilines is 1. The van der Waals surface area contributed by atoms with Gasteiger partial charge in [0.1, 0.15) is 12.4 Å². The van der Waals surface area contributed by atoms with Crippen molar-refractivity contribution in [1.82, 2.24) is 4.90 Å². The van der Waals surface area contributed by atoms with E-state index in [1.54, 1.807) is 12.1 Å². The van der Waals surface area contributed by atoms with Gasteiger partial charge in [0, 0.05) is 11.3 Å². The maximum atomic E-state index is 13.3. The van der Waals surface area contributed by atoms with Crippen molar-refractivity contribution in [1.29, 1.82) is 0 Å². The highest BCUT2D eigenvalue weighted by atomic mass is 19.1. The summed E-state index contributed by atoms with van der Waals surface area (Å²) in [5.74, 6) is -0.191. The zero-order chi connectivity index (χ0) is 17.6. The summed E-state index contributed by atoms with van der Waals surface area (Å²) in [7, 11) is 0. The van der Waals surface area contributed by atoms with Gasteiger partial charge in [-0.15, -0.1) is 0 Å². The van der Waals surface area contributed by atoms with Crippen molar-refractivity contribution in [3.8, 4) is 0 Å². The van der Waals surface area contributed by atoms with Crippen LogP contribution in [0.15, 0.2) is 48.5 Å². The average molecular weight is 342 g/mol. The molecule has 0 saturated carbocycles. The van der Waals surface area contributed by atoms with Gasteiger partial charge in [-0.25, -0.2) is 9.18 Å². The molecule has 0 unspecified atom stereocenters. The van der Waals surface area contributed by atoms with Crippen LogP contribution in [-0.2, 0) is 13.0 Å². The third-order valence-electron chi connectivity index (χ3n) is 4.71. The molecule has 132 valence electrons. The lowest BCUT2D eigenvalue weighted by atomic mass is 10.1. The molecule has 1 heterocycles. The molecule has 0 bridgehead atoms. The van der Waals surface area contributed by atoms with E-state index in [1.165, 1.54) is 16.5 Å². The summed E-state index contributed by atoms with van der Waals surface area (Å²) >= 11 is 0. The summed E-state index contributed by atoms with van der Waals surface area (Å²) in [5.41, 5.74) is 3.09. The van der Waals surface area contributed by atoms with E-state index in [0.717, 1.165) is 37.3 Å². The quantitative estimate of drug-likeness (QED) is 0.879. The number of halogens is 1. The monoisotopic (exact) mass is 342 g/mol. The second kappa shape index (κ2) is 8.12. The van der Waals surface area contributed by atoms with Crippen LogP contribution in [0.3, 0.4) is 0 Å². The predicted octanol–water partition coefficient (Wildman–Crippen LogP) is 2.32. The van der Waals surface area contributed by atoms with Crippen LogP contribution in [0.25, 0.3) is 0 Å². The number of carbonyl (C=O) groups is 1. The molecule has 25 heavy (non-hydrogen) atoms. The molecule has 1 aliphatic heterocycles. The molecule has 2 amide bonds. The van der Waals surface area contributed by atoms with Gasteiger partial charge in [0.05, 0.1) is 26.2 Å². The van der Waals surface area contributed by atoms with Crippen molar-refractivity contribution >= 4 is 11.7 Å². The number of amides is 2. The fraction of sp³-hybridized carbons (Fsp3) is 0.350. The predicted molar refractivity (Wildman–Crippen MR) is 97.2 cm³/mol. The van der Waals surface area contributed by atoms with Crippen molar-refractivity contribution in [2.24, 2.45) is 0 Å². The first-order chi connectivity index (χ1) is 12.1. The van der Waals surface area contributed by atoms with Crippen LogP contribution in [0.4, 0.5) is 14.9 Å². The van der Waals surface area contributed by atoms with Gasteiger partial charge in [-0.1, -0.05) is 31.2 Å². The lowest BCUT2D eigenvalue weighted by Crippen LogP contribution is -3.13. The van der Waals surface area contributed by atoms with Gasteiger partial charge < -0.3 is 15.1 Å². The van der Waals surface area contributed by atoms with Crippen molar-refractivity contribution in [3.63, 3.8) is 0 Å². The van der Waals surface area contributed by atoms with Crippen LogP contribution in [0.2, 0.25) is 0 Å². The smallest absolute Gasteiger partial charge is 0.322 e. The molecule has 1 fully saturated rings. The largest absolute Gasteiger partial charge is 0.328 e. The minimum atomic E-state index is -0.191. The number of carbonyl (C=O) groups excluding carboxylic acids is 1. The summed E-state index contributed by atoms with van der Waals surface area (Å²) in [6, 6.07) is 14.7. The Labute approximate surface area is 148 Å². The Morgan fingerprint density at radius 1 is 1.12 bits per heavy atom. The van der Waals surface area contributed by atoms with E-state index in [1.807, 2.05) is 35.2 Å². The summed E-state index contributed by atoms with van der Waals surface area (Å²) < 4.78 is 13.3. The molecule has 1 saturated heterocycles. The lowest BCUT2D eigenvalue weighted by Gasteiger charge is -2.32. The molecular weight excluding hydrogens is 317 g/mol. The maximum absolute atomic E-state index is 13.3. The average Bonchev–Trinajstić information content (AvgIpc) is 2.63. The Bertz CT molecular complexity index is 709. The van der Waals surface area contributed by atoms with Gasteiger partial charge >= 0.3 is 6.03 Å². The summed E-state index contributed by atoms with van der Waals surface area (Å²) in [6.07, 6.45) is 0.990. The van der Waals surface area contributed by atoms with E-state index in [9.17, 15) is 9.18 Å². The number of benzene rings is 2. The molecule has 5 heteroatoms. The second-order valence-electron chi connectivity index (χ2n) is 6.52. The molecule has 2 aromatic carbocycles. The number of hydrogen-bond donors (Lipinski definition) is 2. The Kier molecular flexibility index (Phi) is 5.66. The number of piperazine rings is 1. The van der Waals surface area contributed by atoms with E-state index >= 15 is 0 Å². The number of quaternary nitrogens is 1. The van der Waals surface area contributed by atoms with Crippen LogP contribution in [0.5, 0.6) is 0 Å². The minimum Gasteiger partial charge on any atom is -0.328 e. The number of nitrogens with zero attached hydrogens (tertiary/aromatic N) is 1. The molecular formula is C20H25FN3O+. The number of aryl methyl sites for hydroxylation is 1. The second-order valence-corrected chi connectivity index (χ2v) is 6.52. The molecule has 0 aromatic heterocycles. The van der Waals surface area contributed by atoms with Gasteiger partial charge in [-0.3, -0.25) is 0 Å². The standard InChI is InChI=1S/C20H24FN3O/c1-2-16-6-8-19(9-7-16)22-20(25)24-12-10-23(11-13-24)15-17-4-3-5-18(21)14-17/h3-9,14H,2,10-13,15H2,1H3,(H,22,25)/p+1. The number of nitrogens with one attached hydrogen (secondary N) is 2. The fourth-order valence-electron chi connectivity index (χ4n) is 3.16. The van der Waals surface area contributed by atoms with Crippen molar-refractivity contribution in [3.05, 3.63) is 65.5 Å². The Hall–Kier alpha value is -2.40. The molecule has 0 radical (unpaired) electrons. The van der Waals surface area contributed by atoms with E-state index < -0.39 is 0 Å². The van der Waals surface area contributed by atoms with Crippen molar-refractivity contribution < 1.29 is 14.1 Å². The summed E-state index contributed by atoms with van der Waals surface area (Å²) in [4.78, 5) is 15.6. The lowest BCUT2D eigenvalue weighted by molar-refractivity contribution is -0.917. The van der Waals surface area contributed by atoms with Crippen molar-refractivity contribution in [2.45, 2.75) is 19.9 Å². The molecule has 2 N–H and O–H groups in total. The normalized spacial score (nSPS) is 15.2. The van der Waals surface area contributed by atoms with Crippen LogP contribution in [0, 0.1) is 5.82 Å². The summed E-state index contributed by atoms with van der Waals surface area (Å²) in [6.45, 7) is 6.08. The zero-order valence-electron chi connectivity index (χ0n) is 14.6. The molecule has 0 aliphatic carbocycles. The Morgan fingerprint density at radius 3 is 2.48 bits per heavy atom. The van der Waals surface area contributed by atoms with Gasteiger partial charge in [0.2, 0.25) is 0 Å². The Morgan fingerprint density at radius 2 is 1.84 bits per heavy atom. The van der Waals surface area contributed by atoms with E-state index in [0.29, 0.717) is 13.1 Å². The van der Waals surface area contributed by atoms with Crippen LogP contribution >= 0.6 is 0 Å². The van der Waals surface area contributed by atoms with Gasteiger partial charge in [0.15, 0.2) is 0 Å². The van der Waals surface area contributed by atoms with Gasteiger partial charge in [-0.2, -0.15) is 0 Å². The number of urea groups is 1. The highest BCUT2D eigenvalue weighted by Gasteiger charge is 2.23. The first-order valence-corrected chi connectivity index (χ1v) is 8.87. The molecule has 0 atom stereocenters. The SMILES string of the molecule is CCc1ccc(NC(=O)N2CC[NH+](Cc3cccc(F)c3)CC2)cc1. The molecule has 0 spiro atoms. The van der Waals surface area contributed by atoms with Gasteiger partial charge in [0.25, 0.3) is 0 Å². The highest BCUT2D eigenvalue weighted by Crippen LogP contribution is 2.11. The minimum absolute atomic E-state index is 0.0472. The van der Waals surface area contributed by atoms with Crippen LogP contribution in [-0.4, -0.2) is 37.1 Å². The molecule has 4 nitrogen and oxygen atoms in total. The van der Waals surface area contributed by atoms with E-state index in [4.69, 9.17) is 0 Å². The summed E-state index contributed by atoms with van der Waals surface area (Å²) in [5, 5.41) is 2.96. The topological polar surface area (TPSA) is 36.8 Å². The molecule has 3 rings (SSSR count). The Balaban J connectivity index is 1.48. The highest BCUT2D eigenvalue weighted by molar-refractivity contribution is 5.89. The zero-order valence-corrected chi connectivity index (χ0v) is 14.6. The molecule has 1 aliphatic rings. The third-order valence-corrected chi connectivity index (χ3v) is 4.71. The first-order valence-electron chi connectivity index (χ1n) is 8.87. The maximum Gasteiger partial charge on any atom is 0.322 e. The van der Waals surface area contributed by atoms with E-state index in [2.05, 4.69) is 12.2 Å². The van der Waals surface area contributed by atoms with Crippen LogP contribution < -0.4 is 10.2 Å². The van der Waals surface area contributed by atoms with Crippen molar-refractivity contribution in [2.75, 3.05) is 31.5 Å². The third kappa shape index (κ3) is 4.79. The number of hydrogen-bond acceptors (Lipinski definition) is 1. The first kappa shape index (κ1) is 17.4. The van der Waals surface area contributed by atoms with Crippen LogP contribution in [0.1, 0.15) is 18.1 Å². The van der Waals surface area contributed by atoms with Gasteiger partial charge in [-0.05, 0) is 36.2 Å².